The molecule has 0 saturated heterocycles. The Balaban J connectivity index is 2.39. The highest BCUT2D eigenvalue weighted by Crippen LogP contribution is 2.14. The van der Waals surface area contributed by atoms with Gasteiger partial charge in [-0.15, -0.1) is 10.2 Å². The van der Waals surface area contributed by atoms with E-state index in [4.69, 9.17) is 0 Å². The van der Waals surface area contributed by atoms with E-state index in [1.54, 1.807) is 10.9 Å². The molecule has 1 rings (SSSR count). The number of nitrogens with one attached hydrogen (secondary N) is 1. The minimum absolute atomic E-state index is 0.0276. The van der Waals surface area contributed by atoms with Crippen LogP contribution in [0.15, 0.2) is 11.5 Å². The minimum atomic E-state index is -0.141. The van der Waals surface area contributed by atoms with Crippen molar-refractivity contribution < 1.29 is 4.79 Å². The molecule has 0 aliphatic heterocycles. The molecule has 0 bridgehead atoms. The summed E-state index contributed by atoms with van der Waals surface area (Å²) >= 11 is 1.39. The summed E-state index contributed by atoms with van der Waals surface area (Å²) in [6, 6.07) is 0. The van der Waals surface area contributed by atoms with Crippen LogP contribution in [0.3, 0.4) is 0 Å². The predicted octanol–water partition coefficient (Wildman–Crippen LogP) is 1.21. The number of thioether (sulfide) groups is 1. The lowest BCUT2D eigenvalue weighted by Crippen LogP contribution is -2.43. The number of carbonyl (C=O) groups is 1. The molecule has 1 aromatic heterocycles. The van der Waals surface area contributed by atoms with Gasteiger partial charge in [0.25, 0.3) is 0 Å². The Kier molecular flexibility index (Phi) is 4.35. The van der Waals surface area contributed by atoms with E-state index < -0.39 is 0 Å². The molecular weight excluding hydrogens is 224 g/mol. The fraction of sp³-hybridized carbons (Fsp3) is 0.700. The Labute approximate surface area is 100 Å². The lowest BCUT2D eigenvalue weighted by atomic mass is 10.0. The summed E-state index contributed by atoms with van der Waals surface area (Å²) < 4.78 is 1.79. The first-order valence-electron chi connectivity index (χ1n) is 5.22. The van der Waals surface area contributed by atoms with Gasteiger partial charge in [-0.2, -0.15) is 0 Å². The maximum atomic E-state index is 11.6. The van der Waals surface area contributed by atoms with Gasteiger partial charge < -0.3 is 9.88 Å². The highest BCUT2D eigenvalue weighted by Gasteiger charge is 2.18. The molecular formula is C10H18N4OS. The second kappa shape index (κ2) is 5.34. The number of aryl methyl sites for hydroxylation is 1. The Morgan fingerprint density at radius 2 is 2.31 bits per heavy atom. The van der Waals surface area contributed by atoms with Crippen molar-refractivity contribution in [2.45, 2.75) is 37.9 Å². The Hall–Kier alpha value is -1.04. The predicted molar refractivity (Wildman–Crippen MR) is 64.2 cm³/mol. The summed E-state index contributed by atoms with van der Waals surface area (Å²) in [6.07, 6.45) is 2.53. The van der Waals surface area contributed by atoms with E-state index in [0.717, 1.165) is 11.6 Å². The van der Waals surface area contributed by atoms with Crippen LogP contribution in [-0.4, -0.2) is 32.0 Å². The fourth-order valence-electron chi connectivity index (χ4n) is 1.04. The molecule has 1 N–H and O–H groups in total. The molecule has 0 atom stereocenters. The van der Waals surface area contributed by atoms with Crippen molar-refractivity contribution >= 4 is 17.7 Å². The van der Waals surface area contributed by atoms with Crippen LogP contribution in [0.25, 0.3) is 0 Å². The molecule has 1 aromatic rings. The van der Waals surface area contributed by atoms with Crippen molar-refractivity contribution in [1.82, 2.24) is 20.1 Å². The summed E-state index contributed by atoms with van der Waals surface area (Å²) in [4.78, 5) is 11.6. The fourth-order valence-corrected chi connectivity index (χ4v) is 1.72. The van der Waals surface area contributed by atoms with Crippen LogP contribution < -0.4 is 5.32 Å². The lowest BCUT2D eigenvalue weighted by Gasteiger charge is -2.24. The van der Waals surface area contributed by atoms with Crippen molar-refractivity contribution in [1.29, 1.82) is 0 Å². The highest BCUT2D eigenvalue weighted by molar-refractivity contribution is 7.99. The number of hydrogen-bond acceptors (Lipinski definition) is 4. The van der Waals surface area contributed by atoms with Crippen LogP contribution in [0.5, 0.6) is 0 Å². The zero-order valence-corrected chi connectivity index (χ0v) is 11.0. The van der Waals surface area contributed by atoms with Crippen molar-refractivity contribution in [3.8, 4) is 0 Å². The van der Waals surface area contributed by atoms with Crippen LogP contribution in [0.4, 0.5) is 0 Å². The smallest absolute Gasteiger partial charge is 0.230 e. The molecule has 16 heavy (non-hydrogen) atoms. The molecule has 6 heteroatoms. The molecule has 0 saturated carbocycles. The quantitative estimate of drug-likeness (QED) is 0.789. The molecule has 0 radical (unpaired) electrons. The molecule has 0 aromatic carbocycles. The van der Waals surface area contributed by atoms with Gasteiger partial charge in [-0.05, 0) is 20.3 Å². The second-order valence-electron chi connectivity index (χ2n) is 4.30. The molecule has 1 heterocycles. The van der Waals surface area contributed by atoms with Crippen molar-refractivity contribution in [2.24, 2.45) is 7.05 Å². The summed E-state index contributed by atoms with van der Waals surface area (Å²) in [7, 11) is 1.86. The van der Waals surface area contributed by atoms with Gasteiger partial charge in [-0.25, -0.2) is 0 Å². The SMILES string of the molecule is CCC(C)(C)NC(=O)CSc1nncn1C. The zero-order chi connectivity index (χ0) is 12.2. The molecule has 0 aliphatic carbocycles. The Bertz CT molecular complexity index is 361. The van der Waals surface area contributed by atoms with Gasteiger partial charge in [0, 0.05) is 12.6 Å². The molecule has 0 unspecified atom stereocenters. The topological polar surface area (TPSA) is 59.8 Å². The number of amides is 1. The van der Waals surface area contributed by atoms with E-state index in [9.17, 15) is 4.79 Å². The molecule has 0 spiro atoms. The third kappa shape index (κ3) is 3.84. The maximum absolute atomic E-state index is 11.6. The second-order valence-corrected chi connectivity index (χ2v) is 5.24. The Morgan fingerprint density at radius 1 is 1.62 bits per heavy atom. The van der Waals surface area contributed by atoms with Crippen molar-refractivity contribution in [3.63, 3.8) is 0 Å². The van der Waals surface area contributed by atoms with Gasteiger partial charge in [-0.1, -0.05) is 18.7 Å². The normalized spacial score (nSPS) is 11.5. The first-order valence-corrected chi connectivity index (χ1v) is 6.21. The number of nitrogens with zero attached hydrogens (tertiary/aromatic N) is 3. The van der Waals surface area contributed by atoms with Crippen LogP contribution in [0, 0.1) is 0 Å². The van der Waals surface area contributed by atoms with Gasteiger partial charge in [-0.3, -0.25) is 4.79 Å². The van der Waals surface area contributed by atoms with Gasteiger partial charge in [0.2, 0.25) is 5.91 Å². The third-order valence-corrected chi connectivity index (χ3v) is 3.40. The van der Waals surface area contributed by atoms with Gasteiger partial charge >= 0.3 is 0 Å². The van der Waals surface area contributed by atoms with Gasteiger partial charge in [0.1, 0.15) is 6.33 Å². The minimum Gasteiger partial charge on any atom is -0.351 e. The summed E-state index contributed by atoms with van der Waals surface area (Å²) in [5.41, 5.74) is -0.141. The summed E-state index contributed by atoms with van der Waals surface area (Å²) in [6.45, 7) is 6.08. The molecule has 1 amide bonds. The molecule has 90 valence electrons. The van der Waals surface area contributed by atoms with Crippen molar-refractivity contribution in [3.05, 3.63) is 6.33 Å². The number of carbonyl (C=O) groups excluding carboxylic acids is 1. The molecule has 5 nitrogen and oxygen atoms in total. The molecule has 0 fully saturated rings. The van der Waals surface area contributed by atoms with E-state index in [1.807, 2.05) is 20.9 Å². The van der Waals surface area contributed by atoms with Crippen LogP contribution in [-0.2, 0) is 11.8 Å². The largest absolute Gasteiger partial charge is 0.351 e. The van der Waals surface area contributed by atoms with E-state index in [1.165, 1.54) is 11.8 Å². The average molecular weight is 242 g/mol. The Morgan fingerprint density at radius 3 is 2.81 bits per heavy atom. The van der Waals surface area contributed by atoms with Crippen LogP contribution in [0.2, 0.25) is 0 Å². The number of hydrogen-bond donors (Lipinski definition) is 1. The number of rotatable bonds is 5. The van der Waals surface area contributed by atoms with Crippen molar-refractivity contribution in [2.75, 3.05) is 5.75 Å². The van der Waals surface area contributed by atoms with Gasteiger partial charge in [0.05, 0.1) is 5.75 Å². The lowest BCUT2D eigenvalue weighted by molar-refractivity contribution is -0.120. The highest BCUT2D eigenvalue weighted by atomic mass is 32.2. The zero-order valence-electron chi connectivity index (χ0n) is 10.1. The monoisotopic (exact) mass is 242 g/mol. The standard InChI is InChI=1S/C10H18N4OS/c1-5-10(2,3)12-8(15)6-16-9-13-11-7-14(9)4/h7H,5-6H2,1-4H3,(H,12,15). The average Bonchev–Trinajstić information content (AvgIpc) is 2.60. The number of aromatic nitrogens is 3. The maximum Gasteiger partial charge on any atom is 0.230 e. The van der Waals surface area contributed by atoms with E-state index in [-0.39, 0.29) is 11.4 Å². The summed E-state index contributed by atoms with van der Waals surface area (Å²) in [5.74, 6) is 0.399. The van der Waals surface area contributed by atoms with Gasteiger partial charge in [0.15, 0.2) is 5.16 Å². The third-order valence-electron chi connectivity index (χ3n) is 2.36. The van der Waals surface area contributed by atoms with Crippen LogP contribution in [0.1, 0.15) is 27.2 Å². The van der Waals surface area contributed by atoms with Crippen LogP contribution >= 0.6 is 11.8 Å². The summed E-state index contributed by atoms with van der Waals surface area (Å²) in [5, 5.41) is 11.4. The molecule has 0 aliphatic rings. The first-order chi connectivity index (χ1) is 7.44. The first kappa shape index (κ1) is 13.0. The van der Waals surface area contributed by atoms with E-state index >= 15 is 0 Å². The van der Waals surface area contributed by atoms with E-state index in [2.05, 4.69) is 22.4 Å². The van der Waals surface area contributed by atoms with E-state index in [0.29, 0.717) is 5.75 Å².